The Morgan fingerprint density at radius 2 is 0.569 bits per heavy atom. The van der Waals surface area contributed by atoms with Crippen molar-refractivity contribution in [2.75, 3.05) is 0 Å². The molecule has 2 aliphatic rings. The lowest BCUT2D eigenvalue weighted by atomic mass is 9.95. The molecule has 0 unspecified atom stereocenters. The van der Waals surface area contributed by atoms with Crippen LogP contribution in [0.25, 0.3) is 133 Å². The van der Waals surface area contributed by atoms with Gasteiger partial charge in [-0.3, -0.25) is 0 Å². The van der Waals surface area contributed by atoms with Crippen LogP contribution >= 0.6 is 0 Å². The van der Waals surface area contributed by atoms with Gasteiger partial charge in [-0.1, -0.05) is 84.9 Å². The maximum absolute atomic E-state index is 5.36. The lowest BCUT2D eigenvalue weighted by Gasteiger charge is -2.08. The van der Waals surface area contributed by atoms with Crippen molar-refractivity contribution in [1.82, 2.24) is 39.9 Å². The van der Waals surface area contributed by atoms with E-state index in [0.29, 0.717) is 45.9 Å². The highest BCUT2D eigenvalue weighted by Crippen LogP contribution is 2.41. The highest BCUT2D eigenvalue weighted by molar-refractivity contribution is 6.13. The van der Waals surface area contributed by atoms with Crippen molar-refractivity contribution in [3.63, 3.8) is 0 Å². The molecule has 0 saturated heterocycles. The van der Waals surface area contributed by atoms with Gasteiger partial charge in [0.15, 0.2) is 23.3 Å². The standard InChI is InChI=1S/C50H30N8/c1-25-15-16-26(2)34-24-42-41(23-33(25)34)49-56-47-39-21-31-13-7-5-11-29(31)19-37(39)45(54-47)52-43-35-17-27-9-3-4-10-28(27)18-36(35)44(51-43)53-46-38-20-30-12-6-8-14-32(30)22-40(38)48(55-46)57-50(42)58-49/h3-24H,1-2H3,(H2,51,52,53,54,55,56,57,58). The van der Waals surface area contributed by atoms with E-state index in [1.54, 1.807) is 0 Å². The van der Waals surface area contributed by atoms with E-state index in [1.165, 1.54) is 21.9 Å². The lowest BCUT2D eigenvalue weighted by molar-refractivity contribution is 1.19. The van der Waals surface area contributed by atoms with Gasteiger partial charge in [0.25, 0.3) is 0 Å². The van der Waals surface area contributed by atoms with Crippen LogP contribution in [0.15, 0.2) is 133 Å². The second kappa shape index (κ2) is 11.4. The van der Waals surface area contributed by atoms with E-state index in [0.717, 1.165) is 76.1 Å². The molecule has 2 aliphatic heterocycles. The molecule has 11 aromatic rings. The third-order valence-electron chi connectivity index (χ3n) is 12.0. The summed E-state index contributed by atoms with van der Waals surface area (Å²) in [5, 5.41) is 12.8. The molecule has 5 heterocycles. The Kier molecular flexibility index (Phi) is 6.15. The number of aromatic amines is 2. The lowest BCUT2D eigenvalue weighted by Crippen LogP contribution is -1.88. The van der Waals surface area contributed by atoms with Crippen LogP contribution in [-0.4, -0.2) is 39.9 Å². The highest BCUT2D eigenvalue weighted by atomic mass is 15.1. The maximum atomic E-state index is 5.36. The average Bonchev–Trinajstić information content (AvgIpc) is 3.97. The summed E-state index contributed by atoms with van der Waals surface area (Å²) in [6.45, 7) is 4.31. The summed E-state index contributed by atoms with van der Waals surface area (Å²) in [6, 6.07) is 47.0. The minimum absolute atomic E-state index is 0.581. The van der Waals surface area contributed by atoms with Crippen molar-refractivity contribution in [3.05, 3.63) is 145 Å². The Morgan fingerprint density at radius 3 is 0.879 bits per heavy atom. The summed E-state index contributed by atoms with van der Waals surface area (Å²) in [5.41, 5.74) is 8.76. The van der Waals surface area contributed by atoms with Gasteiger partial charge >= 0.3 is 0 Å². The van der Waals surface area contributed by atoms with Gasteiger partial charge in [0.1, 0.15) is 22.6 Å². The third kappa shape index (κ3) is 4.51. The molecule has 270 valence electrons. The normalized spacial score (nSPS) is 12.3. The number of fused-ring (bicyclic) bond motifs is 24. The van der Waals surface area contributed by atoms with Crippen molar-refractivity contribution >= 4 is 87.2 Å². The fourth-order valence-corrected chi connectivity index (χ4v) is 8.98. The van der Waals surface area contributed by atoms with E-state index in [4.69, 9.17) is 29.9 Å². The summed E-state index contributed by atoms with van der Waals surface area (Å²) in [4.78, 5) is 39.1. The molecule has 0 atom stereocenters. The quantitative estimate of drug-likeness (QED) is 0.160. The minimum Gasteiger partial charge on any atom is -0.324 e. The molecule has 0 radical (unpaired) electrons. The van der Waals surface area contributed by atoms with Gasteiger partial charge in [0.2, 0.25) is 0 Å². The smallest absolute Gasteiger partial charge is 0.164 e. The van der Waals surface area contributed by atoms with Gasteiger partial charge in [0, 0.05) is 43.8 Å². The number of hydrogen-bond acceptors (Lipinski definition) is 6. The molecule has 8 aromatic carbocycles. The molecule has 8 nitrogen and oxygen atoms in total. The van der Waals surface area contributed by atoms with E-state index in [1.807, 2.05) is 0 Å². The second-order valence-electron chi connectivity index (χ2n) is 15.5. The zero-order valence-corrected chi connectivity index (χ0v) is 31.4. The molecule has 8 bridgehead atoms. The van der Waals surface area contributed by atoms with E-state index in [2.05, 4.69) is 157 Å². The fraction of sp³-hybridized carbons (Fsp3) is 0.0400. The molecule has 0 fully saturated rings. The third-order valence-corrected chi connectivity index (χ3v) is 12.0. The number of hydrogen-bond donors (Lipinski definition) is 2. The number of rotatable bonds is 0. The Labute approximate surface area is 330 Å². The molecule has 0 spiro atoms. The summed E-state index contributed by atoms with van der Waals surface area (Å²) in [5.74, 6) is 2.33. The zero-order valence-electron chi connectivity index (χ0n) is 31.4. The predicted octanol–water partition coefficient (Wildman–Crippen LogP) is 12.1. The summed E-state index contributed by atoms with van der Waals surface area (Å²) in [7, 11) is 0. The van der Waals surface area contributed by atoms with Crippen LogP contribution < -0.4 is 0 Å². The summed E-state index contributed by atoms with van der Waals surface area (Å²) in [6.07, 6.45) is 0. The van der Waals surface area contributed by atoms with E-state index in [9.17, 15) is 0 Å². The van der Waals surface area contributed by atoms with Gasteiger partial charge in [-0.05, 0) is 117 Å². The van der Waals surface area contributed by atoms with Gasteiger partial charge in [0.05, 0.1) is 0 Å². The number of aryl methyl sites for hydroxylation is 2. The molecule has 0 saturated carbocycles. The molecular formula is C50H30N8. The molecule has 0 amide bonds. The first-order chi connectivity index (χ1) is 28.5. The topological polar surface area (TPSA) is 109 Å². The summed E-state index contributed by atoms with van der Waals surface area (Å²) < 4.78 is 0. The Morgan fingerprint density at radius 1 is 0.293 bits per heavy atom. The first kappa shape index (κ1) is 31.4. The number of aromatic nitrogens is 8. The second-order valence-corrected chi connectivity index (χ2v) is 15.5. The summed E-state index contributed by atoms with van der Waals surface area (Å²) >= 11 is 0. The maximum Gasteiger partial charge on any atom is 0.164 e. The van der Waals surface area contributed by atoms with Crippen molar-refractivity contribution in [1.29, 1.82) is 0 Å². The Bertz CT molecular complexity index is 3590. The minimum atomic E-state index is 0.581. The first-order valence-electron chi connectivity index (χ1n) is 19.4. The average molecular weight is 743 g/mol. The van der Waals surface area contributed by atoms with Gasteiger partial charge in [-0.25, -0.2) is 29.9 Å². The molecular weight excluding hydrogens is 713 g/mol. The molecule has 8 heteroatoms. The van der Waals surface area contributed by atoms with Crippen molar-refractivity contribution in [2.45, 2.75) is 13.8 Å². The van der Waals surface area contributed by atoms with E-state index in [-0.39, 0.29) is 0 Å². The largest absolute Gasteiger partial charge is 0.324 e. The number of benzene rings is 8. The molecule has 2 N–H and O–H groups in total. The highest BCUT2D eigenvalue weighted by Gasteiger charge is 2.24. The predicted molar refractivity (Wildman–Crippen MR) is 236 cm³/mol. The van der Waals surface area contributed by atoms with Crippen molar-refractivity contribution in [2.24, 2.45) is 0 Å². The monoisotopic (exact) mass is 742 g/mol. The van der Waals surface area contributed by atoms with Crippen LogP contribution in [0.2, 0.25) is 0 Å². The zero-order chi connectivity index (χ0) is 38.2. The van der Waals surface area contributed by atoms with Crippen LogP contribution in [0.3, 0.4) is 0 Å². The van der Waals surface area contributed by atoms with Gasteiger partial charge in [-0.2, -0.15) is 0 Å². The number of H-pyrrole nitrogens is 2. The Balaban J connectivity index is 1.24. The SMILES string of the molecule is Cc1ccc(C)c2cc3c(cc12)-c1nc-3nc2[nH]c(nc3nc(nc4[nH]c(n1)c1cc5ccccc5cc41)-c1cc4ccccc4cc1-3)c1cc3ccccc3cc21. The van der Waals surface area contributed by atoms with Crippen molar-refractivity contribution in [3.8, 4) is 45.6 Å². The number of nitrogens with one attached hydrogen (secondary N) is 2. The molecule has 58 heavy (non-hydrogen) atoms. The Hall–Kier alpha value is -7.84. The van der Waals surface area contributed by atoms with E-state index >= 15 is 0 Å². The van der Waals surface area contributed by atoms with Gasteiger partial charge < -0.3 is 9.97 Å². The fourth-order valence-electron chi connectivity index (χ4n) is 8.98. The van der Waals surface area contributed by atoms with E-state index < -0.39 is 0 Å². The van der Waals surface area contributed by atoms with Crippen LogP contribution in [0.4, 0.5) is 0 Å². The molecule has 0 aliphatic carbocycles. The van der Waals surface area contributed by atoms with Crippen LogP contribution in [0, 0.1) is 13.8 Å². The van der Waals surface area contributed by atoms with Crippen LogP contribution in [-0.2, 0) is 0 Å². The van der Waals surface area contributed by atoms with Crippen molar-refractivity contribution < 1.29 is 0 Å². The molecule has 13 rings (SSSR count). The molecule has 3 aromatic heterocycles. The first-order valence-corrected chi connectivity index (χ1v) is 19.4. The number of nitrogens with zero attached hydrogens (tertiary/aromatic N) is 6. The van der Waals surface area contributed by atoms with Gasteiger partial charge in [-0.15, -0.1) is 0 Å². The van der Waals surface area contributed by atoms with Crippen LogP contribution in [0.1, 0.15) is 11.1 Å². The van der Waals surface area contributed by atoms with Crippen LogP contribution in [0.5, 0.6) is 0 Å².